The van der Waals surface area contributed by atoms with E-state index in [1.807, 2.05) is 36.4 Å². The van der Waals surface area contributed by atoms with Gasteiger partial charge < -0.3 is 5.73 Å². The molecule has 4 heteroatoms. The Balaban J connectivity index is 0.00000180. The van der Waals surface area contributed by atoms with Gasteiger partial charge in [0.15, 0.2) is 5.78 Å². The number of rotatable bonds is 4. The van der Waals surface area contributed by atoms with E-state index in [4.69, 9.17) is 17.3 Å². The molecular weight excluding hydrogens is 281 g/mol. The van der Waals surface area contributed by atoms with Crippen molar-refractivity contribution in [3.05, 3.63) is 70.2 Å². The summed E-state index contributed by atoms with van der Waals surface area (Å²) in [6.45, 7) is 0.446. The van der Waals surface area contributed by atoms with Crippen molar-refractivity contribution in [1.29, 1.82) is 0 Å². The number of ketones is 1. The molecule has 0 saturated heterocycles. The van der Waals surface area contributed by atoms with Crippen molar-refractivity contribution in [2.75, 3.05) is 0 Å². The highest BCUT2D eigenvalue weighted by atomic mass is 35.5. The molecule has 0 unspecified atom stereocenters. The van der Waals surface area contributed by atoms with E-state index in [2.05, 4.69) is 0 Å². The van der Waals surface area contributed by atoms with Gasteiger partial charge in [0.25, 0.3) is 0 Å². The van der Waals surface area contributed by atoms with Crippen LogP contribution < -0.4 is 5.73 Å². The summed E-state index contributed by atoms with van der Waals surface area (Å²) < 4.78 is 0. The van der Waals surface area contributed by atoms with Gasteiger partial charge in [-0.2, -0.15) is 0 Å². The van der Waals surface area contributed by atoms with Crippen LogP contribution in [0.5, 0.6) is 0 Å². The second kappa shape index (κ2) is 7.29. The van der Waals surface area contributed by atoms with Crippen molar-refractivity contribution >= 4 is 29.8 Å². The molecule has 2 aromatic rings. The molecule has 0 radical (unpaired) electrons. The van der Waals surface area contributed by atoms with Gasteiger partial charge in [-0.05, 0) is 29.3 Å². The van der Waals surface area contributed by atoms with E-state index in [1.165, 1.54) is 0 Å². The van der Waals surface area contributed by atoms with Crippen molar-refractivity contribution in [2.24, 2.45) is 5.73 Å². The summed E-state index contributed by atoms with van der Waals surface area (Å²) in [5.74, 6) is 0.0904. The SMILES string of the molecule is Cl.NCc1cccc(C(=O)Cc2ccc(Cl)cc2)c1. The van der Waals surface area contributed by atoms with E-state index >= 15 is 0 Å². The van der Waals surface area contributed by atoms with Crippen molar-refractivity contribution in [3.63, 3.8) is 0 Å². The number of nitrogens with two attached hydrogens (primary N) is 1. The van der Waals surface area contributed by atoms with Crippen molar-refractivity contribution < 1.29 is 4.79 Å². The minimum Gasteiger partial charge on any atom is -0.326 e. The van der Waals surface area contributed by atoms with Gasteiger partial charge in [-0.1, -0.05) is 41.9 Å². The molecule has 0 fully saturated rings. The fraction of sp³-hybridized carbons (Fsp3) is 0.133. The summed E-state index contributed by atoms with van der Waals surface area (Å²) in [6, 6.07) is 14.8. The predicted molar refractivity (Wildman–Crippen MR) is 81.1 cm³/mol. The lowest BCUT2D eigenvalue weighted by Crippen LogP contribution is -2.05. The Hall–Kier alpha value is -1.35. The van der Waals surface area contributed by atoms with E-state index in [1.54, 1.807) is 12.1 Å². The molecule has 0 heterocycles. The Labute approximate surface area is 124 Å². The fourth-order valence-corrected chi connectivity index (χ4v) is 1.89. The Morgan fingerprint density at radius 2 is 1.74 bits per heavy atom. The van der Waals surface area contributed by atoms with E-state index in [-0.39, 0.29) is 18.2 Å². The van der Waals surface area contributed by atoms with Gasteiger partial charge in [-0.25, -0.2) is 0 Å². The molecule has 19 heavy (non-hydrogen) atoms. The Morgan fingerprint density at radius 3 is 2.37 bits per heavy atom. The summed E-state index contributed by atoms with van der Waals surface area (Å²) >= 11 is 5.81. The zero-order chi connectivity index (χ0) is 13.0. The maximum atomic E-state index is 12.1. The number of hydrogen-bond donors (Lipinski definition) is 1. The average molecular weight is 296 g/mol. The quantitative estimate of drug-likeness (QED) is 0.875. The molecule has 0 atom stereocenters. The first-order valence-electron chi connectivity index (χ1n) is 5.75. The molecule has 0 aromatic heterocycles. The maximum absolute atomic E-state index is 12.1. The molecule has 0 bridgehead atoms. The topological polar surface area (TPSA) is 43.1 Å². The lowest BCUT2D eigenvalue weighted by Gasteiger charge is -2.04. The minimum atomic E-state index is 0. The summed E-state index contributed by atoms with van der Waals surface area (Å²) in [4.78, 5) is 12.1. The molecule has 2 N–H and O–H groups in total. The van der Waals surface area contributed by atoms with Crippen molar-refractivity contribution in [1.82, 2.24) is 0 Å². The average Bonchev–Trinajstić information content (AvgIpc) is 2.41. The van der Waals surface area contributed by atoms with Crippen LogP contribution in [-0.2, 0) is 13.0 Å². The monoisotopic (exact) mass is 295 g/mol. The minimum absolute atomic E-state index is 0. The molecule has 0 aliphatic carbocycles. The first-order valence-corrected chi connectivity index (χ1v) is 6.13. The Bertz CT molecular complexity index is 552. The van der Waals surface area contributed by atoms with Gasteiger partial charge in [-0.3, -0.25) is 4.79 Å². The molecule has 2 rings (SSSR count). The summed E-state index contributed by atoms with van der Waals surface area (Å²) in [5, 5.41) is 0.677. The summed E-state index contributed by atoms with van der Waals surface area (Å²) in [6.07, 6.45) is 0.380. The van der Waals surface area contributed by atoms with Crippen LogP contribution in [0.25, 0.3) is 0 Å². The number of halogens is 2. The maximum Gasteiger partial charge on any atom is 0.167 e. The predicted octanol–water partition coefficient (Wildman–Crippen LogP) is 3.65. The molecule has 0 amide bonds. The molecule has 2 nitrogen and oxygen atoms in total. The normalized spacial score (nSPS) is 9.79. The third-order valence-corrected chi connectivity index (χ3v) is 3.01. The molecule has 2 aromatic carbocycles. The molecule has 0 aliphatic rings. The highest BCUT2D eigenvalue weighted by molar-refractivity contribution is 6.30. The zero-order valence-corrected chi connectivity index (χ0v) is 11.9. The van der Waals surface area contributed by atoms with Gasteiger partial charge >= 0.3 is 0 Å². The lowest BCUT2D eigenvalue weighted by atomic mass is 10.0. The third kappa shape index (κ3) is 4.35. The highest BCUT2D eigenvalue weighted by Crippen LogP contribution is 2.13. The molecule has 100 valence electrons. The third-order valence-electron chi connectivity index (χ3n) is 2.76. The van der Waals surface area contributed by atoms with Gasteiger partial charge in [0.05, 0.1) is 0 Å². The van der Waals surface area contributed by atoms with Crippen LogP contribution in [0.3, 0.4) is 0 Å². The number of Topliss-reactive ketones (excluding diaryl/α,β-unsaturated/α-hetero) is 1. The standard InChI is InChI=1S/C15H14ClNO.ClH/c16-14-6-4-11(5-7-14)9-15(18)13-3-1-2-12(8-13)10-17;/h1-8H,9-10,17H2;1H. The van der Waals surface area contributed by atoms with Crippen LogP contribution in [0.4, 0.5) is 0 Å². The summed E-state index contributed by atoms with van der Waals surface area (Å²) in [5.41, 5.74) is 8.19. The van der Waals surface area contributed by atoms with Crippen molar-refractivity contribution in [2.45, 2.75) is 13.0 Å². The van der Waals surface area contributed by atoms with Gasteiger partial charge in [0.2, 0.25) is 0 Å². The number of benzene rings is 2. The second-order valence-electron chi connectivity index (χ2n) is 4.13. The van der Waals surface area contributed by atoms with Gasteiger partial charge in [-0.15, -0.1) is 12.4 Å². The first-order chi connectivity index (χ1) is 8.69. The number of carbonyl (C=O) groups is 1. The molecule has 0 spiro atoms. The van der Waals surface area contributed by atoms with Crippen LogP contribution in [0.2, 0.25) is 5.02 Å². The van der Waals surface area contributed by atoms with Crippen LogP contribution in [0.15, 0.2) is 48.5 Å². The zero-order valence-electron chi connectivity index (χ0n) is 10.3. The first kappa shape index (κ1) is 15.7. The lowest BCUT2D eigenvalue weighted by molar-refractivity contribution is 0.0993. The van der Waals surface area contributed by atoms with E-state index in [0.717, 1.165) is 11.1 Å². The van der Waals surface area contributed by atoms with Crippen molar-refractivity contribution in [3.8, 4) is 0 Å². The van der Waals surface area contributed by atoms with E-state index in [9.17, 15) is 4.79 Å². The number of carbonyl (C=O) groups excluding carboxylic acids is 1. The Kier molecular flexibility index (Phi) is 6.03. The van der Waals surface area contributed by atoms with Crippen LogP contribution >= 0.6 is 24.0 Å². The summed E-state index contributed by atoms with van der Waals surface area (Å²) in [7, 11) is 0. The van der Waals surface area contributed by atoms with Crippen LogP contribution in [-0.4, -0.2) is 5.78 Å². The number of hydrogen-bond acceptors (Lipinski definition) is 2. The van der Waals surface area contributed by atoms with E-state index < -0.39 is 0 Å². The second-order valence-corrected chi connectivity index (χ2v) is 4.57. The largest absolute Gasteiger partial charge is 0.326 e. The van der Waals surface area contributed by atoms with Gasteiger partial charge in [0, 0.05) is 23.6 Å². The fourth-order valence-electron chi connectivity index (χ4n) is 1.76. The van der Waals surface area contributed by atoms with E-state index in [0.29, 0.717) is 23.6 Å². The van der Waals surface area contributed by atoms with Crippen LogP contribution in [0, 0.1) is 0 Å². The molecular formula is C15H15Cl2NO. The smallest absolute Gasteiger partial charge is 0.167 e. The van der Waals surface area contributed by atoms with Crippen LogP contribution in [0.1, 0.15) is 21.5 Å². The van der Waals surface area contributed by atoms with Gasteiger partial charge in [0.1, 0.15) is 0 Å². The Morgan fingerprint density at radius 1 is 1.05 bits per heavy atom. The molecule has 0 aliphatic heterocycles. The highest BCUT2D eigenvalue weighted by Gasteiger charge is 2.07. The molecule has 0 saturated carbocycles.